The number of rotatable bonds is 6. The zero-order chi connectivity index (χ0) is 15.9. The molecule has 122 valence electrons. The number of nitrogens with one attached hydrogen (secondary N) is 1. The molecule has 1 fully saturated rings. The number of anilines is 1. The minimum Gasteiger partial charge on any atom is -0.374 e. The molecule has 0 spiro atoms. The van der Waals surface area contributed by atoms with Crippen LogP contribution in [0, 0.1) is 0 Å². The van der Waals surface area contributed by atoms with Crippen LogP contribution in [0.5, 0.6) is 0 Å². The highest BCUT2D eigenvalue weighted by atomic mass is 32.1. The van der Waals surface area contributed by atoms with Crippen LogP contribution < -0.4 is 5.32 Å². The van der Waals surface area contributed by atoms with E-state index in [1.165, 1.54) is 11.3 Å². The second-order valence-corrected chi connectivity index (χ2v) is 6.32. The number of hydrogen-bond acceptors (Lipinski definition) is 6. The molecule has 1 aliphatic rings. The maximum absolute atomic E-state index is 12.0. The van der Waals surface area contributed by atoms with E-state index in [2.05, 4.69) is 15.5 Å². The standard InChI is InChI=1S/C14H22N4O3S/c1-10(21-2)13-16-17-14(22-13)15-11(19)7-9-18-8-5-3-4-6-12(18)20/h10H,3-9H2,1-2H3,(H,15,17,19). The van der Waals surface area contributed by atoms with Gasteiger partial charge in [0.2, 0.25) is 16.9 Å². The van der Waals surface area contributed by atoms with E-state index in [1.807, 2.05) is 6.92 Å². The first kappa shape index (κ1) is 16.8. The molecule has 1 atom stereocenters. The summed E-state index contributed by atoms with van der Waals surface area (Å²) in [7, 11) is 1.60. The molecule has 1 saturated heterocycles. The average molecular weight is 326 g/mol. The Bertz CT molecular complexity index is 520. The second-order valence-electron chi connectivity index (χ2n) is 5.31. The molecule has 1 aromatic heterocycles. The molecular formula is C14H22N4O3S. The SMILES string of the molecule is COC(C)c1nnc(NC(=O)CCN2CCCCCC2=O)s1. The predicted molar refractivity (Wildman–Crippen MR) is 83.6 cm³/mol. The van der Waals surface area contributed by atoms with Crippen molar-refractivity contribution >= 4 is 28.3 Å². The molecule has 0 aliphatic carbocycles. The lowest BCUT2D eigenvalue weighted by Crippen LogP contribution is -2.33. The summed E-state index contributed by atoms with van der Waals surface area (Å²) >= 11 is 1.30. The number of likely N-dealkylation sites (tertiary alicyclic amines) is 1. The number of nitrogens with zero attached hydrogens (tertiary/aromatic N) is 3. The third-order valence-electron chi connectivity index (χ3n) is 3.67. The minimum absolute atomic E-state index is 0.141. The summed E-state index contributed by atoms with van der Waals surface area (Å²) in [5.74, 6) is 0.00207. The Labute approximate surface area is 134 Å². The van der Waals surface area contributed by atoms with Gasteiger partial charge in [0.25, 0.3) is 0 Å². The Morgan fingerprint density at radius 1 is 1.41 bits per heavy atom. The van der Waals surface area contributed by atoms with Gasteiger partial charge in [-0.2, -0.15) is 0 Å². The lowest BCUT2D eigenvalue weighted by Gasteiger charge is -2.19. The van der Waals surface area contributed by atoms with E-state index >= 15 is 0 Å². The summed E-state index contributed by atoms with van der Waals surface area (Å²) in [6.07, 6.45) is 3.78. The van der Waals surface area contributed by atoms with Crippen molar-refractivity contribution in [2.45, 2.75) is 45.1 Å². The lowest BCUT2D eigenvalue weighted by atomic mass is 10.2. The maximum Gasteiger partial charge on any atom is 0.227 e. The van der Waals surface area contributed by atoms with Gasteiger partial charge in [-0.05, 0) is 19.8 Å². The molecule has 2 amide bonds. The predicted octanol–water partition coefficient (Wildman–Crippen LogP) is 1.98. The Kier molecular flexibility index (Phi) is 6.26. The third-order valence-corrected chi connectivity index (χ3v) is 4.67. The maximum atomic E-state index is 12.0. The van der Waals surface area contributed by atoms with E-state index in [1.54, 1.807) is 12.0 Å². The topological polar surface area (TPSA) is 84.4 Å². The first-order valence-corrected chi connectivity index (χ1v) is 8.35. The van der Waals surface area contributed by atoms with E-state index in [0.29, 0.717) is 18.1 Å². The fraction of sp³-hybridized carbons (Fsp3) is 0.714. The van der Waals surface area contributed by atoms with E-state index in [0.717, 1.165) is 30.8 Å². The van der Waals surface area contributed by atoms with Crippen molar-refractivity contribution in [1.29, 1.82) is 0 Å². The molecule has 0 bridgehead atoms. The van der Waals surface area contributed by atoms with Crippen LogP contribution in [-0.4, -0.2) is 47.1 Å². The Balaban J connectivity index is 1.80. The molecular weight excluding hydrogens is 304 g/mol. The summed E-state index contributed by atoms with van der Waals surface area (Å²) < 4.78 is 5.16. The van der Waals surface area contributed by atoms with Crippen molar-refractivity contribution in [3.63, 3.8) is 0 Å². The number of carbonyl (C=O) groups excluding carboxylic acids is 2. The van der Waals surface area contributed by atoms with Crippen LogP contribution in [0.3, 0.4) is 0 Å². The Morgan fingerprint density at radius 2 is 2.23 bits per heavy atom. The molecule has 0 aromatic carbocycles. The van der Waals surface area contributed by atoms with Crippen molar-refractivity contribution in [2.24, 2.45) is 0 Å². The van der Waals surface area contributed by atoms with Crippen LogP contribution in [0.1, 0.15) is 50.1 Å². The summed E-state index contributed by atoms with van der Waals surface area (Å²) in [5, 5.41) is 11.8. The van der Waals surface area contributed by atoms with Crippen LogP contribution in [0.15, 0.2) is 0 Å². The van der Waals surface area contributed by atoms with Crippen LogP contribution in [0.25, 0.3) is 0 Å². The van der Waals surface area contributed by atoms with Crippen molar-refractivity contribution in [2.75, 3.05) is 25.5 Å². The van der Waals surface area contributed by atoms with Gasteiger partial charge in [-0.3, -0.25) is 9.59 Å². The van der Waals surface area contributed by atoms with E-state index in [-0.39, 0.29) is 24.3 Å². The quantitative estimate of drug-likeness (QED) is 0.864. The number of aromatic nitrogens is 2. The molecule has 8 heteroatoms. The van der Waals surface area contributed by atoms with Crippen molar-refractivity contribution in [3.8, 4) is 0 Å². The van der Waals surface area contributed by atoms with E-state index in [9.17, 15) is 9.59 Å². The molecule has 7 nitrogen and oxygen atoms in total. The molecule has 1 aliphatic heterocycles. The van der Waals surface area contributed by atoms with E-state index in [4.69, 9.17) is 4.74 Å². The van der Waals surface area contributed by atoms with Gasteiger partial charge in [-0.15, -0.1) is 10.2 Å². The van der Waals surface area contributed by atoms with Crippen molar-refractivity contribution in [3.05, 3.63) is 5.01 Å². The molecule has 1 N–H and O–H groups in total. The van der Waals surface area contributed by atoms with Gasteiger partial charge in [-0.25, -0.2) is 0 Å². The normalized spacial score (nSPS) is 17.2. The number of methoxy groups -OCH3 is 1. The second kappa shape index (κ2) is 8.19. The van der Waals surface area contributed by atoms with Crippen LogP contribution in [0.4, 0.5) is 5.13 Å². The highest BCUT2D eigenvalue weighted by Gasteiger charge is 2.18. The zero-order valence-corrected chi connectivity index (χ0v) is 13.8. The van der Waals surface area contributed by atoms with Crippen LogP contribution in [0.2, 0.25) is 0 Å². The summed E-state index contributed by atoms with van der Waals surface area (Å²) in [4.78, 5) is 25.6. The number of ether oxygens (including phenoxy) is 1. The summed E-state index contributed by atoms with van der Waals surface area (Å²) in [6, 6.07) is 0. The van der Waals surface area contributed by atoms with Gasteiger partial charge < -0.3 is 15.0 Å². The fourth-order valence-corrected chi connectivity index (χ4v) is 3.03. The molecule has 1 aromatic rings. The summed E-state index contributed by atoms with van der Waals surface area (Å²) in [5.41, 5.74) is 0. The highest BCUT2D eigenvalue weighted by Crippen LogP contribution is 2.23. The first-order chi connectivity index (χ1) is 10.6. The van der Waals surface area contributed by atoms with Gasteiger partial charge in [0.05, 0.1) is 0 Å². The van der Waals surface area contributed by atoms with Crippen LogP contribution >= 0.6 is 11.3 Å². The number of amides is 2. The molecule has 2 heterocycles. The molecule has 22 heavy (non-hydrogen) atoms. The van der Waals surface area contributed by atoms with Crippen molar-refractivity contribution < 1.29 is 14.3 Å². The molecule has 2 rings (SSSR count). The van der Waals surface area contributed by atoms with Gasteiger partial charge in [0.15, 0.2) is 0 Å². The van der Waals surface area contributed by atoms with Gasteiger partial charge in [0.1, 0.15) is 11.1 Å². The van der Waals surface area contributed by atoms with Gasteiger partial charge >= 0.3 is 0 Å². The largest absolute Gasteiger partial charge is 0.374 e. The van der Waals surface area contributed by atoms with Crippen LogP contribution in [-0.2, 0) is 14.3 Å². The highest BCUT2D eigenvalue weighted by molar-refractivity contribution is 7.15. The molecule has 0 radical (unpaired) electrons. The van der Waals surface area contributed by atoms with Gasteiger partial charge in [0, 0.05) is 33.0 Å². The van der Waals surface area contributed by atoms with Crippen molar-refractivity contribution in [1.82, 2.24) is 15.1 Å². The first-order valence-electron chi connectivity index (χ1n) is 7.54. The van der Waals surface area contributed by atoms with E-state index < -0.39 is 0 Å². The Morgan fingerprint density at radius 3 is 3.00 bits per heavy atom. The van der Waals surface area contributed by atoms with Gasteiger partial charge in [-0.1, -0.05) is 17.8 Å². The zero-order valence-electron chi connectivity index (χ0n) is 13.0. The minimum atomic E-state index is -0.148. The summed E-state index contributed by atoms with van der Waals surface area (Å²) in [6.45, 7) is 3.09. The molecule has 1 unspecified atom stereocenters. The number of hydrogen-bond donors (Lipinski definition) is 1. The monoisotopic (exact) mass is 326 g/mol. The average Bonchev–Trinajstić information content (AvgIpc) is 2.87. The fourth-order valence-electron chi connectivity index (χ4n) is 2.24. The number of carbonyl (C=O) groups is 2. The smallest absolute Gasteiger partial charge is 0.227 e. The Hall–Kier alpha value is -1.54. The third kappa shape index (κ3) is 4.74. The lowest BCUT2D eigenvalue weighted by molar-refractivity contribution is -0.131. The molecule has 0 saturated carbocycles.